The standard InChI is InChI=1S/C17H27IO3/c1-5-6-7-11(2)10-12(8-9-18)20-16-14-13(15(19)21-16)17(14,3)4/h8-9,11-14,16H,5-7,10H2,1-4H3/t11-,12-,13+,14-,16-/m1/s1. The molecule has 0 N–H and O–H groups in total. The zero-order valence-corrected chi connectivity index (χ0v) is 15.6. The fourth-order valence-corrected chi connectivity index (χ4v) is 3.97. The van der Waals surface area contributed by atoms with Crippen LogP contribution in [0.4, 0.5) is 0 Å². The van der Waals surface area contributed by atoms with Gasteiger partial charge in [-0.15, -0.1) is 0 Å². The lowest BCUT2D eigenvalue weighted by Crippen LogP contribution is -2.28. The van der Waals surface area contributed by atoms with Gasteiger partial charge in [-0.2, -0.15) is 0 Å². The van der Waals surface area contributed by atoms with E-state index in [4.69, 9.17) is 9.47 Å². The number of cyclic esters (lactones) is 1. The third-order valence-electron chi connectivity index (χ3n) is 4.97. The van der Waals surface area contributed by atoms with Gasteiger partial charge in [-0.05, 0) is 27.9 Å². The molecule has 3 nitrogen and oxygen atoms in total. The quantitative estimate of drug-likeness (QED) is 0.433. The maximum absolute atomic E-state index is 11.8. The van der Waals surface area contributed by atoms with E-state index < -0.39 is 0 Å². The summed E-state index contributed by atoms with van der Waals surface area (Å²) in [6.45, 7) is 8.76. The Kier molecular flexibility index (Phi) is 5.74. The van der Waals surface area contributed by atoms with Crippen molar-refractivity contribution in [1.29, 1.82) is 0 Å². The summed E-state index contributed by atoms with van der Waals surface area (Å²) in [6, 6.07) is 0. The Bertz CT molecular complexity index is 405. The van der Waals surface area contributed by atoms with Crippen molar-refractivity contribution in [2.24, 2.45) is 23.2 Å². The van der Waals surface area contributed by atoms with Gasteiger partial charge in [-0.25, -0.2) is 0 Å². The predicted molar refractivity (Wildman–Crippen MR) is 92.0 cm³/mol. The van der Waals surface area contributed by atoms with Crippen LogP contribution < -0.4 is 0 Å². The summed E-state index contributed by atoms with van der Waals surface area (Å²) in [5, 5.41) is 0. The Morgan fingerprint density at radius 3 is 2.71 bits per heavy atom. The van der Waals surface area contributed by atoms with E-state index in [9.17, 15) is 4.79 Å². The predicted octanol–water partition coefficient (Wildman–Crippen LogP) is 4.69. The molecule has 1 saturated heterocycles. The number of hydrogen-bond acceptors (Lipinski definition) is 3. The van der Waals surface area contributed by atoms with E-state index in [0.29, 0.717) is 5.92 Å². The first kappa shape index (κ1) is 17.3. The van der Waals surface area contributed by atoms with Crippen molar-refractivity contribution in [3.05, 3.63) is 10.2 Å². The molecule has 120 valence electrons. The second-order valence-corrected chi connectivity index (χ2v) is 7.83. The molecule has 21 heavy (non-hydrogen) atoms. The zero-order valence-electron chi connectivity index (χ0n) is 13.5. The minimum Gasteiger partial charge on any atom is -0.435 e. The van der Waals surface area contributed by atoms with Gasteiger partial charge in [0.15, 0.2) is 0 Å². The van der Waals surface area contributed by atoms with Gasteiger partial charge in [0, 0.05) is 5.92 Å². The third kappa shape index (κ3) is 3.81. The third-order valence-corrected chi connectivity index (χ3v) is 5.39. The maximum Gasteiger partial charge on any atom is 0.312 e. The highest BCUT2D eigenvalue weighted by atomic mass is 127. The number of hydrogen-bond donors (Lipinski definition) is 0. The Morgan fingerprint density at radius 1 is 1.48 bits per heavy atom. The highest BCUT2D eigenvalue weighted by Crippen LogP contribution is 2.65. The normalized spacial score (nSPS) is 32.8. The van der Waals surface area contributed by atoms with Crippen LogP contribution in [0.25, 0.3) is 0 Å². The van der Waals surface area contributed by atoms with E-state index in [1.807, 2.05) is 4.08 Å². The van der Waals surface area contributed by atoms with E-state index in [-0.39, 0.29) is 35.6 Å². The number of carbonyl (C=O) groups excluding carboxylic acids is 1. The summed E-state index contributed by atoms with van der Waals surface area (Å²) in [5.41, 5.74) is 0.0480. The number of rotatable bonds is 8. The Hall–Kier alpha value is -0.100. The van der Waals surface area contributed by atoms with E-state index in [0.717, 1.165) is 6.42 Å². The van der Waals surface area contributed by atoms with Crippen LogP contribution in [0.1, 0.15) is 53.4 Å². The molecule has 0 aromatic rings. The van der Waals surface area contributed by atoms with Gasteiger partial charge in [0.1, 0.15) is 0 Å². The van der Waals surface area contributed by atoms with E-state index >= 15 is 0 Å². The monoisotopic (exact) mass is 406 g/mol. The molecule has 0 unspecified atom stereocenters. The fraction of sp³-hybridized carbons (Fsp3) is 0.824. The first-order chi connectivity index (χ1) is 9.91. The molecule has 1 aliphatic carbocycles. The molecule has 4 heteroatoms. The molecule has 2 rings (SSSR count). The lowest BCUT2D eigenvalue weighted by atomic mass is 9.97. The molecule has 0 spiro atoms. The summed E-state index contributed by atoms with van der Waals surface area (Å²) in [6.07, 6.45) is 6.49. The molecule has 1 aliphatic heterocycles. The molecular weight excluding hydrogens is 379 g/mol. The maximum atomic E-state index is 11.8. The van der Waals surface area contributed by atoms with Crippen LogP contribution in [0.15, 0.2) is 10.2 Å². The summed E-state index contributed by atoms with van der Waals surface area (Å²) in [5.74, 6) is 0.833. The first-order valence-corrected chi connectivity index (χ1v) is 9.29. The molecule has 1 saturated carbocycles. The van der Waals surface area contributed by atoms with Crippen molar-refractivity contribution in [2.75, 3.05) is 0 Å². The zero-order chi connectivity index (χ0) is 15.6. The molecule has 0 aromatic carbocycles. The number of fused-ring (bicyclic) bond motifs is 1. The summed E-state index contributed by atoms with van der Waals surface area (Å²) < 4.78 is 13.5. The highest BCUT2D eigenvalue weighted by molar-refractivity contribution is 14.1. The Balaban J connectivity index is 1.90. The van der Waals surface area contributed by atoms with E-state index in [1.54, 1.807) is 0 Å². The topological polar surface area (TPSA) is 35.5 Å². The summed E-state index contributed by atoms with van der Waals surface area (Å²) in [7, 11) is 0. The van der Waals surface area contributed by atoms with Crippen LogP contribution in [0.3, 0.4) is 0 Å². The van der Waals surface area contributed by atoms with Crippen molar-refractivity contribution >= 4 is 28.6 Å². The fourth-order valence-electron chi connectivity index (χ4n) is 3.51. The largest absolute Gasteiger partial charge is 0.435 e. The van der Waals surface area contributed by atoms with Gasteiger partial charge in [0.05, 0.1) is 12.0 Å². The van der Waals surface area contributed by atoms with Crippen molar-refractivity contribution in [1.82, 2.24) is 0 Å². The molecule has 0 amide bonds. The lowest BCUT2D eigenvalue weighted by Gasteiger charge is -2.24. The smallest absolute Gasteiger partial charge is 0.312 e. The molecule has 2 fully saturated rings. The number of carbonyl (C=O) groups is 1. The first-order valence-electron chi connectivity index (χ1n) is 8.04. The van der Waals surface area contributed by atoms with Gasteiger partial charge in [0.2, 0.25) is 6.29 Å². The molecule has 1 heterocycles. The number of ether oxygens (including phenoxy) is 2. The van der Waals surface area contributed by atoms with Gasteiger partial charge < -0.3 is 9.47 Å². The Morgan fingerprint density at radius 2 is 2.19 bits per heavy atom. The molecule has 0 aromatic heterocycles. The second-order valence-electron chi connectivity index (χ2n) is 7.11. The van der Waals surface area contributed by atoms with E-state index in [2.05, 4.69) is 56.4 Å². The van der Waals surface area contributed by atoms with Crippen LogP contribution in [-0.2, 0) is 14.3 Å². The highest BCUT2D eigenvalue weighted by Gasteiger charge is 2.72. The number of halogens is 1. The van der Waals surface area contributed by atoms with Crippen LogP contribution in [0, 0.1) is 23.2 Å². The number of esters is 1. The summed E-state index contributed by atoms with van der Waals surface area (Å²) in [4.78, 5) is 11.8. The van der Waals surface area contributed by atoms with Gasteiger partial charge in [-0.3, -0.25) is 4.79 Å². The lowest BCUT2D eigenvalue weighted by molar-refractivity contribution is -0.183. The minimum absolute atomic E-state index is 0.0432. The van der Waals surface area contributed by atoms with Crippen molar-refractivity contribution in [2.45, 2.75) is 65.8 Å². The van der Waals surface area contributed by atoms with Crippen LogP contribution in [-0.4, -0.2) is 18.4 Å². The van der Waals surface area contributed by atoms with Gasteiger partial charge >= 0.3 is 5.97 Å². The van der Waals surface area contributed by atoms with Crippen LogP contribution >= 0.6 is 22.6 Å². The molecular formula is C17H27IO3. The average molecular weight is 406 g/mol. The molecule has 0 bridgehead atoms. The van der Waals surface area contributed by atoms with Crippen molar-refractivity contribution in [3.8, 4) is 0 Å². The van der Waals surface area contributed by atoms with Crippen LogP contribution in [0.5, 0.6) is 0 Å². The molecule has 0 radical (unpaired) electrons. The van der Waals surface area contributed by atoms with Crippen molar-refractivity contribution < 1.29 is 14.3 Å². The van der Waals surface area contributed by atoms with Gasteiger partial charge in [0.25, 0.3) is 0 Å². The van der Waals surface area contributed by atoms with E-state index in [1.165, 1.54) is 19.3 Å². The Labute approximate surface area is 142 Å². The number of unbranched alkanes of at least 4 members (excludes halogenated alkanes) is 1. The SMILES string of the molecule is CCCC[C@@H](C)C[C@@H](C=CI)O[C@@H]1OC(=O)[C@@H]2[C@H]1C2(C)C. The minimum atomic E-state index is -0.353. The molecule has 2 aliphatic rings. The summed E-state index contributed by atoms with van der Waals surface area (Å²) >= 11 is 2.22. The second kappa shape index (κ2) is 6.99. The van der Waals surface area contributed by atoms with Crippen LogP contribution in [0.2, 0.25) is 0 Å². The average Bonchev–Trinajstić information content (AvgIpc) is 2.80. The van der Waals surface area contributed by atoms with Gasteiger partial charge in [-0.1, -0.05) is 69.5 Å². The van der Waals surface area contributed by atoms with Crippen molar-refractivity contribution in [3.63, 3.8) is 0 Å². The molecule has 5 atom stereocenters.